The zero-order valence-corrected chi connectivity index (χ0v) is 14.3. The van der Waals surface area contributed by atoms with Gasteiger partial charge in [0, 0.05) is 42.8 Å². The van der Waals surface area contributed by atoms with Gasteiger partial charge in [-0.1, -0.05) is 0 Å². The fourth-order valence-electron chi connectivity index (χ4n) is 3.04. The van der Waals surface area contributed by atoms with Crippen LogP contribution in [0, 0.1) is 0 Å². The molecule has 1 aliphatic heterocycles. The Hall–Kier alpha value is -2.87. The predicted molar refractivity (Wildman–Crippen MR) is 96.1 cm³/mol. The van der Waals surface area contributed by atoms with Crippen LogP contribution < -0.4 is 10.6 Å². The van der Waals surface area contributed by atoms with Gasteiger partial charge in [-0.25, -0.2) is 4.98 Å². The van der Waals surface area contributed by atoms with Gasteiger partial charge in [0.15, 0.2) is 0 Å². The number of imidazole rings is 1. The molecule has 0 spiro atoms. The smallest absolute Gasteiger partial charge is 0.271 e. The van der Waals surface area contributed by atoms with Gasteiger partial charge in [-0.3, -0.25) is 14.0 Å². The van der Waals surface area contributed by atoms with Crippen LogP contribution in [-0.2, 0) is 0 Å². The molecule has 3 aromatic rings. The first-order valence-corrected chi connectivity index (χ1v) is 8.85. The van der Waals surface area contributed by atoms with E-state index in [-0.39, 0.29) is 5.91 Å². The molecule has 25 heavy (non-hydrogen) atoms. The first kappa shape index (κ1) is 15.6. The van der Waals surface area contributed by atoms with E-state index in [9.17, 15) is 9.59 Å². The summed E-state index contributed by atoms with van der Waals surface area (Å²) in [5, 5.41) is 1.88. The number of primary amides is 1. The van der Waals surface area contributed by atoms with Crippen LogP contribution >= 0.6 is 11.3 Å². The molecule has 2 amide bonds. The Morgan fingerprint density at radius 2 is 1.80 bits per heavy atom. The van der Waals surface area contributed by atoms with E-state index in [1.807, 2.05) is 26.8 Å². The summed E-state index contributed by atoms with van der Waals surface area (Å²) in [4.78, 5) is 33.0. The summed E-state index contributed by atoms with van der Waals surface area (Å²) in [6.45, 7) is 2.81. The number of aromatic nitrogens is 2. The molecule has 2 N–H and O–H groups in total. The maximum absolute atomic E-state index is 12.7. The largest absolute Gasteiger partial charge is 0.368 e. The lowest BCUT2D eigenvalue weighted by Crippen LogP contribution is -2.49. The molecule has 0 atom stereocenters. The van der Waals surface area contributed by atoms with Crippen molar-refractivity contribution in [3.63, 3.8) is 0 Å². The number of hydrogen-bond donors (Lipinski definition) is 1. The summed E-state index contributed by atoms with van der Waals surface area (Å²) < 4.78 is 1.84. The number of hydrogen-bond acceptors (Lipinski definition) is 5. The molecule has 0 bridgehead atoms. The summed E-state index contributed by atoms with van der Waals surface area (Å²) in [5.41, 5.74) is 7.46. The van der Waals surface area contributed by atoms with Gasteiger partial charge in [-0.05, 0) is 24.3 Å². The molecule has 1 aliphatic rings. The molecule has 4 rings (SSSR count). The number of benzene rings is 1. The van der Waals surface area contributed by atoms with Crippen LogP contribution in [0.1, 0.15) is 20.8 Å². The number of rotatable bonds is 3. The number of thiazole rings is 1. The minimum absolute atomic E-state index is 0.0352. The van der Waals surface area contributed by atoms with E-state index in [0.29, 0.717) is 24.3 Å². The van der Waals surface area contributed by atoms with Gasteiger partial charge in [0.2, 0.25) is 5.91 Å². The Labute approximate surface area is 148 Å². The number of nitrogens with zero attached hydrogens (tertiary/aromatic N) is 4. The Kier molecular flexibility index (Phi) is 3.89. The maximum Gasteiger partial charge on any atom is 0.271 e. The van der Waals surface area contributed by atoms with Crippen molar-refractivity contribution in [2.75, 3.05) is 31.1 Å². The monoisotopic (exact) mass is 355 g/mol. The van der Waals surface area contributed by atoms with Crippen LogP contribution in [-0.4, -0.2) is 52.3 Å². The van der Waals surface area contributed by atoms with E-state index in [1.165, 1.54) is 11.3 Å². The van der Waals surface area contributed by atoms with Gasteiger partial charge in [0.25, 0.3) is 5.91 Å². The van der Waals surface area contributed by atoms with Crippen LogP contribution in [0.15, 0.2) is 42.2 Å². The lowest BCUT2D eigenvalue weighted by molar-refractivity contribution is 0.0740. The van der Waals surface area contributed by atoms with E-state index < -0.39 is 5.91 Å². The first-order valence-electron chi connectivity index (χ1n) is 7.97. The standard InChI is InChI=1S/C17H17N5O2S/c18-16(23)12-1-3-13(4-2-12)20-5-7-21(8-6-20)17(24)14-10-25-15-9-19-11-22(14)15/h1-4,9-11H,5-8H2,(H2,18,23). The number of carbonyl (C=O) groups is 2. The van der Waals surface area contributed by atoms with Crippen LogP contribution in [0.3, 0.4) is 0 Å². The number of amides is 2. The predicted octanol–water partition coefficient (Wildman–Crippen LogP) is 1.46. The molecule has 0 radical (unpaired) electrons. The molecule has 8 heteroatoms. The van der Waals surface area contributed by atoms with Gasteiger partial charge in [-0.2, -0.15) is 0 Å². The van der Waals surface area contributed by atoms with Crippen molar-refractivity contribution < 1.29 is 9.59 Å². The highest BCUT2D eigenvalue weighted by molar-refractivity contribution is 7.15. The molecule has 1 aromatic carbocycles. The van der Waals surface area contributed by atoms with Crippen molar-refractivity contribution in [1.29, 1.82) is 0 Å². The Bertz CT molecular complexity index is 922. The zero-order chi connectivity index (χ0) is 17.4. The number of fused-ring (bicyclic) bond motifs is 1. The van der Waals surface area contributed by atoms with Gasteiger partial charge in [0.05, 0.1) is 6.20 Å². The van der Waals surface area contributed by atoms with E-state index in [1.54, 1.807) is 24.7 Å². The molecular formula is C17H17N5O2S. The molecule has 0 saturated carbocycles. The minimum atomic E-state index is -0.427. The van der Waals surface area contributed by atoms with Crippen molar-refractivity contribution in [3.8, 4) is 0 Å². The van der Waals surface area contributed by atoms with Crippen molar-refractivity contribution in [2.24, 2.45) is 5.73 Å². The quantitative estimate of drug-likeness (QED) is 0.771. The Morgan fingerprint density at radius 3 is 2.48 bits per heavy atom. The minimum Gasteiger partial charge on any atom is -0.368 e. The van der Waals surface area contributed by atoms with Gasteiger partial charge in [0.1, 0.15) is 16.9 Å². The number of carbonyl (C=O) groups excluding carboxylic acids is 2. The van der Waals surface area contributed by atoms with E-state index in [4.69, 9.17) is 5.73 Å². The zero-order valence-electron chi connectivity index (χ0n) is 13.5. The van der Waals surface area contributed by atoms with Crippen molar-refractivity contribution in [3.05, 3.63) is 53.4 Å². The lowest BCUT2D eigenvalue weighted by Gasteiger charge is -2.36. The van der Waals surface area contributed by atoms with Crippen LogP contribution in [0.4, 0.5) is 5.69 Å². The summed E-state index contributed by atoms with van der Waals surface area (Å²) in [6.07, 6.45) is 3.44. The third kappa shape index (κ3) is 2.85. The highest BCUT2D eigenvalue weighted by Crippen LogP contribution is 2.20. The summed E-state index contributed by atoms with van der Waals surface area (Å²) in [6, 6.07) is 7.25. The highest BCUT2D eigenvalue weighted by atomic mass is 32.1. The Morgan fingerprint density at radius 1 is 1.08 bits per heavy atom. The highest BCUT2D eigenvalue weighted by Gasteiger charge is 2.24. The molecular weight excluding hydrogens is 338 g/mol. The normalized spacial score (nSPS) is 14.9. The average Bonchev–Trinajstić information content (AvgIpc) is 3.25. The molecule has 2 aromatic heterocycles. The summed E-state index contributed by atoms with van der Waals surface area (Å²) in [5.74, 6) is -0.392. The van der Waals surface area contributed by atoms with Gasteiger partial charge in [-0.15, -0.1) is 11.3 Å². The van der Waals surface area contributed by atoms with Crippen LogP contribution in [0.2, 0.25) is 0 Å². The number of nitrogens with two attached hydrogens (primary N) is 1. The molecule has 1 saturated heterocycles. The molecule has 0 unspecified atom stereocenters. The van der Waals surface area contributed by atoms with E-state index in [0.717, 1.165) is 23.6 Å². The van der Waals surface area contributed by atoms with Crippen molar-refractivity contribution in [1.82, 2.24) is 14.3 Å². The number of anilines is 1. The third-order valence-electron chi connectivity index (χ3n) is 4.46. The second-order valence-electron chi connectivity index (χ2n) is 5.91. The van der Waals surface area contributed by atoms with E-state index >= 15 is 0 Å². The molecule has 3 heterocycles. The fourth-order valence-corrected chi connectivity index (χ4v) is 3.87. The maximum atomic E-state index is 12.7. The first-order chi connectivity index (χ1) is 12.1. The summed E-state index contributed by atoms with van der Waals surface area (Å²) in [7, 11) is 0. The average molecular weight is 355 g/mol. The van der Waals surface area contributed by atoms with Crippen LogP contribution in [0.25, 0.3) is 4.83 Å². The molecule has 128 valence electrons. The van der Waals surface area contributed by atoms with Crippen molar-refractivity contribution in [2.45, 2.75) is 0 Å². The lowest BCUT2D eigenvalue weighted by atomic mass is 10.1. The second kappa shape index (κ2) is 6.21. The molecule has 1 fully saturated rings. The van der Waals surface area contributed by atoms with Gasteiger partial charge < -0.3 is 15.5 Å². The van der Waals surface area contributed by atoms with Gasteiger partial charge >= 0.3 is 0 Å². The molecule has 7 nitrogen and oxygen atoms in total. The third-order valence-corrected chi connectivity index (χ3v) is 5.34. The second-order valence-corrected chi connectivity index (χ2v) is 6.80. The van der Waals surface area contributed by atoms with Crippen LogP contribution in [0.5, 0.6) is 0 Å². The topological polar surface area (TPSA) is 83.9 Å². The SMILES string of the molecule is NC(=O)c1ccc(N2CCN(C(=O)c3csc4cncn34)CC2)cc1. The fraction of sp³-hybridized carbons (Fsp3) is 0.235. The Balaban J connectivity index is 1.43. The van der Waals surface area contributed by atoms with Crippen molar-refractivity contribution >= 4 is 33.7 Å². The number of piperazine rings is 1. The summed E-state index contributed by atoms with van der Waals surface area (Å²) >= 11 is 1.52. The molecule has 0 aliphatic carbocycles. The van der Waals surface area contributed by atoms with E-state index in [2.05, 4.69) is 9.88 Å².